The molecule has 0 amide bonds. The molecule has 0 saturated carbocycles. The molecule has 100 valence electrons. The number of halogens is 4. The average Bonchev–Trinajstić information content (AvgIpc) is 2.29. The third-order valence-electron chi connectivity index (χ3n) is 2.18. The summed E-state index contributed by atoms with van der Waals surface area (Å²) in [6.07, 6.45) is -2.94. The van der Waals surface area contributed by atoms with E-state index in [0.717, 1.165) is 12.0 Å². The van der Waals surface area contributed by atoms with E-state index >= 15 is 0 Å². The van der Waals surface area contributed by atoms with E-state index in [9.17, 15) is 13.2 Å². The summed E-state index contributed by atoms with van der Waals surface area (Å²) in [5, 5.41) is 3.52. The molecule has 0 spiro atoms. The fourth-order valence-electron chi connectivity index (χ4n) is 1.25. The maximum absolute atomic E-state index is 11.8. The van der Waals surface area contributed by atoms with Crippen LogP contribution in [-0.4, -0.2) is 25.6 Å². The molecular weight excluding hydrogens is 265 g/mol. The molecule has 0 heterocycles. The summed E-state index contributed by atoms with van der Waals surface area (Å²) in [4.78, 5) is 3.62. The predicted molar refractivity (Wildman–Crippen MR) is 67.2 cm³/mol. The van der Waals surface area contributed by atoms with Gasteiger partial charge in [-0.25, -0.2) is 0 Å². The Balaban J connectivity index is 2.11. The molecule has 0 unspecified atom stereocenters. The minimum Gasteiger partial charge on any atom is -0.376 e. The van der Waals surface area contributed by atoms with Gasteiger partial charge in [0, 0.05) is 18.1 Å². The monoisotopic (exact) mass is 278 g/mol. The number of alkyl halides is 3. The minimum absolute atomic E-state index is 0.239. The van der Waals surface area contributed by atoms with Crippen molar-refractivity contribution < 1.29 is 13.2 Å². The minimum atomic E-state index is -4.14. The van der Waals surface area contributed by atoms with E-state index in [0.29, 0.717) is 11.6 Å². The largest absolute Gasteiger partial charge is 0.390 e. The molecule has 0 aliphatic carbocycles. The molecule has 0 bridgehead atoms. The SMILES string of the molecule is FC(F)(F)CCN=CNCCc1ccc(Cl)cc1. The molecule has 2 nitrogen and oxygen atoms in total. The lowest BCUT2D eigenvalue weighted by Gasteiger charge is -2.03. The predicted octanol–water partition coefficient (Wildman–Crippen LogP) is 3.45. The van der Waals surface area contributed by atoms with Gasteiger partial charge in [-0.1, -0.05) is 23.7 Å². The Morgan fingerprint density at radius 1 is 1.22 bits per heavy atom. The number of nitrogens with one attached hydrogen (secondary N) is 1. The normalized spacial score (nSPS) is 12.0. The fraction of sp³-hybridized carbons (Fsp3) is 0.417. The lowest BCUT2D eigenvalue weighted by molar-refractivity contribution is -0.132. The lowest BCUT2D eigenvalue weighted by Crippen LogP contribution is -2.16. The highest BCUT2D eigenvalue weighted by atomic mass is 35.5. The number of rotatable bonds is 6. The zero-order valence-electron chi connectivity index (χ0n) is 9.67. The summed E-state index contributed by atoms with van der Waals surface area (Å²) in [6, 6.07) is 7.41. The smallest absolute Gasteiger partial charge is 0.376 e. The van der Waals surface area contributed by atoms with Crippen molar-refractivity contribution in [2.24, 2.45) is 4.99 Å². The second-order valence-electron chi connectivity index (χ2n) is 3.73. The van der Waals surface area contributed by atoms with E-state index in [1.165, 1.54) is 6.34 Å². The number of hydrogen-bond donors (Lipinski definition) is 1. The zero-order chi connectivity index (χ0) is 13.4. The second-order valence-corrected chi connectivity index (χ2v) is 4.17. The van der Waals surface area contributed by atoms with Crippen LogP contribution in [0.1, 0.15) is 12.0 Å². The summed E-state index contributed by atoms with van der Waals surface area (Å²) < 4.78 is 35.3. The maximum Gasteiger partial charge on any atom is 0.390 e. The molecule has 1 aromatic rings. The Bertz CT molecular complexity index is 374. The second kappa shape index (κ2) is 7.26. The van der Waals surface area contributed by atoms with Crippen LogP contribution in [0.3, 0.4) is 0 Å². The first kappa shape index (κ1) is 14.8. The van der Waals surface area contributed by atoms with Crippen molar-refractivity contribution in [2.45, 2.75) is 19.0 Å². The number of benzene rings is 1. The Labute approximate surface area is 109 Å². The summed E-state index contributed by atoms with van der Waals surface area (Å²) in [6.45, 7) is 0.384. The van der Waals surface area contributed by atoms with E-state index in [2.05, 4.69) is 10.3 Å². The van der Waals surface area contributed by atoms with E-state index in [-0.39, 0.29) is 6.54 Å². The topological polar surface area (TPSA) is 24.4 Å². The molecule has 6 heteroatoms. The van der Waals surface area contributed by atoms with Gasteiger partial charge in [0.1, 0.15) is 0 Å². The van der Waals surface area contributed by atoms with Crippen LogP contribution >= 0.6 is 11.6 Å². The Hall–Kier alpha value is -1.23. The van der Waals surface area contributed by atoms with Crippen molar-refractivity contribution in [3.63, 3.8) is 0 Å². The molecule has 0 aliphatic heterocycles. The highest BCUT2D eigenvalue weighted by Gasteiger charge is 2.25. The Kier molecular flexibility index (Phi) is 5.98. The van der Waals surface area contributed by atoms with Crippen molar-refractivity contribution in [3.8, 4) is 0 Å². The summed E-state index contributed by atoms with van der Waals surface area (Å²) in [5.41, 5.74) is 1.11. The standard InChI is InChI=1S/C12H14ClF3N2/c13-11-3-1-10(2-4-11)5-7-17-9-18-8-6-12(14,15)16/h1-4,9H,5-8H2,(H,17,18). The van der Waals surface area contributed by atoms with Crippen molar-refractivity contribution >= 4 is 17.9 Å². The molecule has 0 aromatic heterocycles. The van der Waals surface area contributed by atoms with Crippen LogP contribution < -0.4 is 5.32 Å². The van der Waals surface area contributed by atoms with Crippen LogP contribution in [0.25, 0.3) is 0 Å². The molecule has 1 aromatic carbocycles. The molecule has 1 rings (SSSR count). The van der Waals surface area contributed by atoms with E-state index in [1.807, 2.05) is 12.1 Å². The lowest BCUT2D eigenvalue weighted by atomic mass is 10.1. The summed E-state index contributed by atoms with van der Waals surface area (Å²) in [7, 11) is 0. The van der Waals surface area contributed by atoms with Crippen LogP contribution in [0.5, 0.6) is 0 Å². The maximum atomic E-state index is 11.8. The van der Waals surface area contributed by atoms with E-state index < -0.39 is 12.6 Å². The summed E-state index contributed by atoms with van der Waals surface area (Å²) >= 11 is 5.74. The molecule has 0 aliphatic rings. The zero-order valence-corrected chi connectivity index (χ0v) is 10.4. The van der Waals surface area contributed by atoms with E-state index in [1.54, 1.807) is 12.1 Å². The molecule has 18 heavy (non-hydrogen) atoms. The van der Waals surface area contributed by atoms with Gasteiger partial charge < -0.3 is 5.32 Å². The van der Waals surface area contributed by atoms with Gasteiger partial charge in [0.25, 0.3) is 0 Å². The van der Waals surface area contributed by atoms with Crippen LogP contribution in [0.4, 0.5) is 13.2 Å². The molecule has 0 fully saturated rings. The van der Waals surface area contributed by atoms with Crippen molar-refractivity contribution in [1.82, 2.24) is 5.32 Å². The van der Waals surface area contributed by atoms with Gasteiger partial charge in [-0.15, -0.1) is 0 Å². The Morgan fingerprint density at radius 3 is 2.50 bits per heavy atom. The highest BCUT2D eigenvalue weighted by Crippen LogP contribution is 2.18. The number of aliphatic imine (C=N–C) groups is 1. The van der Waals surface area contributed by atoms with Crippen LogP contribution in [0.15, 0.2) is 29.3 Å². The molecule has 0 atom stereocenters. The first-order valence-electron chi connectivity index (χ1n) is 5.50. The Morgan fingerprint density at radius 2 is 1.89 bits per heavy atom. The number of nitrogens with zero attached hydrogens (tertiary/aromatic N) is 1. The van der Waals surface area contributed by atoms with Gasteiger partial charge in [-0.3, -0.25) is 4.99 Å². The average molecular weight is 279 g/mol. The van der Waals surface area contributed by atoms with Crippen LogP contribution in [-0.2, 0) is 6.42 Å². The van der Waals surface area contributed by atoms with Gasteiger partial charge in [-0.05, 0) is 24.1 Å². The van der Waals surface area contributed by atoms with Crippen LogP contribution in [0, 0.1) is 0 Å². The molecular formula is C12H14ClF3N2. The molecule has 0 saturated heterocycles. The fourth-order valence-corrected chi connectivity index (χ4v) is 1.38. The molecule has 1 N–H and O–H groups in total. The first-order valence-corrected chi connectivity index (χ1v) is 5.88. The van der Waals surface area contributed by atoms with Crippen molar-refractivity contribution in [1.29, 1.82) is 0 Å². The third kappa shape index (κ3) is 7.17. The number of hydrogen-bond acceptors (Lipinski definition) is 1. The van der Waals surface area contributed by atoms with Gasteiger partial charge in [0.05, 0.1) is 12.8 Å². The van der Waals surface area contributed by atoms with E-state index in [4.69, 9.17) is 11.6 Å². The summed E-state index contributed by atoms with van der Waals surface area (Å²) in [5.74, 6) is 0. The van der Waals surface area contributed by atoms with Gasteiger partial charge in [0.15, 0.2) is 0 Å². The quantitative estimate of drug-likeness (QED) is 0.481. The van der Waals surface area contributed by atoms with Crippen molar-refractivity contribution in [3.05, 3.63) is 34.9 Å². The third-order valence-corrected chi connectivity index (χ3v) is 2.43. The van der Waals surface area contributed by atoms with Crippen molar-refractivity contribution in [2.75, 3.05) is 13.1 Å². The van der Waals surface area contributed by atoms with Gasteiger partial charge in [-0.2, -0.15) is 13.2 Å². The first-order chi connectivity index (χ1) is 8.47. The van der Waals surface area contributed by atoms with Gasteiger partial charge in [0.2, 0.25) is 0 Å². The highest BCUT2D eigenvalue weighted by molar-refractivity contribution is 6.30. The van der Waals surface area contributed by atoms with Gasteiger partial charge >= 0.3 is 6.18 Å². The van der Waals surface area contributed by atoms with Crippen LogP contribution in [0.2, 0.25) is 5.02 Å². The molecule has 0 radical (unpaired) electrons.